The summed E-state index contributed by atoms with van der Waals surface area (Å²) in [5.41, 5.74) is 3.56. The van der Waals surface area contributed by atoms with Crippen molar-refractivity contribution in [3.05, 3.63) is 53.1 Å². The molecule has 1 aromatic carbocycles. The number of anilines is 1. The average Bonchev–Trinajstić information content (AvgIpc) is 2.64. The highest BCUT2D eigenvalue weighted by Crippen LogP contribution is 2.24. The lowest BCUT2D eigenvalue weighted by atomic mass is 9.99. The zero-order valence-electron chi connectivity index (χ0n) is 14.8. The van der Waals surface area contributed by atoms with Crippen LogP contribution >= 0.6 is 0 Å². The molecule has 0 radical (unpaired) electrons. The minimum absolute atomic E-state index is 0.180. The summed E-state index contributed by atoms with van der Waals surface area (Å²) in [6.07, 6.45) is 5.42. The maximum atomic E-state index is 13.0. The van der Waals surface area contributed by atoms with Crippen LogP contribution in [0.15, 0.2) is 30.5 Å². The Labute approximate surface area is 148 Å². The first-order valence-corrected chi connectivity index (χ1v) is 9.24. The van der Waals surface area contributed by atoms with Gasteiger partial charge in [-0.15, -0.1) is 0 Å². The standard InChI is InChI=1S/C20H25FN4/c1-15-6-10-25(11-7-15)20-22-12-17-14-24(9-8-19(17)23-20)13-16-2-4-18(21)5-3-16/h2-5,12,15H,6-11,13-14H2,1H3. The third-order valence-electron chi connectivity index (χ3n) is 5.39. The fourth-order valence-electron chi connectivity index (χ4n) is 3.71. The van der Waals surface area contributed by atoms with Crippen molar-refractivity contribution in [1.82, 2.24) is 14.9 Å². The third kappa shape index (κ3) is 3.82. The smallest absolute Gasteiger partial charge is 0.225 e. The quantitative estimate of drug-likeness (QED) is 0.857. The molecule has 0 saturated carbocycles. The van der Waals surface area contributed by atoms with Crippen LogP contribution in [0.5, 0.6) is 0 Å². The summed E-state index contributed by atoms with van der Waals surface area (Å²) in [5, 5.41) is 0. The van der Waals surface area contributed by atoms with Crippen molar-refractivity contribution in [2.24, 2.45) is 5.92 Å². The number of hydrogen-bond acceptors (Lipinski definition) is 4. The van der Waals surface area contributed by atoms with Gasteiger partial charge in [0.1, 0.15) is 5.82 Å². The second-order valence-electron chi connectivity index (χ2n) is 7.40. The summed E-state index contributed by atoms with van der Waals surface area (Å²) in [6, 6.07) is 6.79. The van der Waals surface area contributed by atoms with E-state index < -0.39 is 0 Å². The number of halogens is 1. The average molecular weight is 340 g/mol. The lowest BCUT2D eigenvalue weighted by molar-refractivity contribution is 0.242. The molecule has 0 atom stereocenters. The van der Waals surface area contributed by atoms with Crippen LogP contribution in [0.2, 0.25) is 0 Å². The SMILES string of the molecule is CC1CCN(c2ncc3c(n2)CCN(Cc2ccc(F)cc2)C3)CC1. The Kier molecular flexibility index (Phi) is 4.66. The van der Waals surface area contributed by atoms with E-state index in [1.807, 2.05) is 18.3 Å². The molecule has 1 fully saturated rings. The van der Waals surface area contributed by atoms with Gasteiger partial charge in [0.25, 0.3) is 0 Å². The van der Waals surface area contributed by atoms with Crippen LogP contribution in [0.1, 0.15) is 36.6 Å². The van der Waals surface area contributed by atoms with Crippen LogP contribution in [-0.4, -0.2) is 34.5 Å². The van der Waals surface area contributed by atoms with Gasteiger partial charge < -0.3 is 4.90 Å². The molecule has 0 amide bonds. The first-order valence-electron chi connectivity index (χ1n) is 9.24. The van der Waals surface area contributed by atoms with Crippen molar-refractivity contribution in [3.63, 3.8) is 0 Å². The van der Waals surface area contributed by atoms with Crippen molar-refractivity contribution < 1.29 is 4.39 Å². The highest BCUT2D eigenvalue weighted by molar-refractivity contribution is 5.34. The fourth-order valence-corrected chi connectivity index (χ4v) is 3.71. The van der Waals surface area contributed by atoms with E-state index in [1.54, 1.807) is 0 Å². The van der Waals surface area contributed by atoms with Crippen LogP contribution in [0, 0.1) is 11.7 Å². The topological polar surface area (TPSA) is 32.3 Å². The summed E-state index contributed by atoms with van der Waals surface area (Å²) in [7, 11) is 0. The molecule has 0 N–H and O–H groups in total. The molecule has 2 aromatic rings. The number of fused-ring (bicyclic) bond motifs is 1. The van der Waals surface area contributed by atoms with E-state index in [-0.39, 0.29) is 5.82 Å². The van der Waals surface area contributed by atoms with Crippen molar-refractivity contribution in [2.75, 3.05) is 24.5 Å². The van der Waals surface area contributed by atoms with Gasteiger partial charge in [-0.25, -0.2) is 14.4 Å². The van der Waals surface area contributed by atoms with Crippen LogP contribution in [-0.2, 0) is 19.5 Å². The van der Waals surface area contributed by atoms with E-state index in [2.05, 4.69) is 21.7 Å². The highest BCUT2D eigenvalue weighted by Gasteiger charge is 2.22. The molecule has 0 bridgehead atoms. The molecule has 1 aromatic heterocycles. The predicted molar refractivity (Wildman–Crippen MR) is 96.9 cm³/mol. The Bertz CT molecular complexity index is 723. The highest BCUT2D eigenvalue weighted by atomic mass is 19.1. The molecular weight excluding hydrogens is 315 g/mol. The van der Waals surface area contributed by atoms with E-state index in [0.717, 1.165) is 56.6 Å². The minimum atomic E-state index is -0.180. The summed E-state index contributed by atoms with van der Waals surface area (Å²) in [5.74, 6) is 1.53. The molecule has 132 valence electrons. The molecule has 0 spiro atoms. The number of hydrogen-bond donors (Lipinski definition) is 0. The van der Waals surface area contributed by atoms with Crippen LogP contribution in [0.4, 0.5) is 10.3 Å². The summed E-state index contributed by atoms with van der Waals surface area (Å²) in [4.78, 5) is 14.2. The Morgan fingerprint density at radius 1 is 1.12 bits per heavy atom. The number of aromatic nitrogens is 2. The van der Waals surface area contributed by atoms with Crippen molar-refractivity contribution in [3.8, 4) is 0 Å². The molecule has 5 heteroatoms. The van der Waals surface area contributed by atoms with Gasteiger partial charge in [0, 0.05) is 50.9 Å². The maximum Gasteiger partial charge on any atom is 0.225 e. The van der Waals surface area contributed by atoms with E-state index in [0.29, 0.717) is 0 Å². The largest absolute Gasteiger partial charge is 0.341 e. The maximum absolute atomic E-state index is 13.0. The first kappa shape index (κ1) is 16.5. The van der Waals surface area contributed by atoms with Crippen LogP contribution in [0.25, 0.3) is 0 Å². The third-order valence-corrected chi connectivity index (χ3v) is 5.39. The van der Waals surface area contributed by atoms with E-state index in [9.17, 15) is 4.39 Å². The number of piperidine rings is 1. The van der Waals surface area contributed by atoms with Gasteiger partial charge >= 0.3 is 0 Å². The number of rotatable bonds is 3. The monoisotopic (exact) mass is 340 g/mol. The van der Waals surface area contributed by atoms with Crippen LogP contribution in [0.3, 0.4) is 0 Å². The van der Waals surface area contributed by atoms with E-state index in [1.165, 1.54) is 36.2 Å². The molecular formula is C20H25FN4. The van der Waals surface area contributed by atoms with Gasteiger partial charge in [-0.1, -0.05) is 19.1 Å². The Hall–Kier alpha value is -2.01. The molecule has 4 rings (SSSR count). The van der Waals surface area contributed by atoms with Crippen molar-refractivity contribution >= 4 is 5.95 Å². The van der Waals surface area contributed by atoms with Crippen LogP contribution < -0.4 is 4.90 Å². The lowest BCUT2D eigenvalue weighted by Gasteiger charge is -2.32. The summed E-state index contributed by atoms with van der Waals surface area (Å²) in [6.45, 7) is 7.14. The van der Waals surface area contributed by atoms with Crippen molar-refractivity contribution in [2.45, 2.75) is 39.3 Å². The van der Waals surface area contributed by atoms with E-state index in [4.69, 9.17) is 4.98 Å². The van der Waals surface area contributed by atoms with Gasteiger partial charge in [0.15, 0.2) is 0 Å². The Morgan fingerprint density at radius 2 is 1.88 bits per heavy atom. The summed E-state index contributed by atoms with van der Waals surface area (Å²) >= 11 is 0. The van der Waals surface area contributed by atoms with Gasteiger partial charge in [0.2, 0.25) is 5.95 Å². The van der Waals surface area contributed by atoms with Gasteiger partial charge in [-0.3, -0.25) is 4.90 Å². The second kappa shape index (κ2) is 7.08. The Morgan fingerprint density at radius 3 is 2.64 bits per heavy atom. The molecule has 1 saturated heterocycles. The van der Waals surface area contributed by atoms with Gasteiger partial charge in [-0.2, -0.15) is 0 Å². The lowest BCUT2D eigenvalue weighted by Crippen LogP contribution is -2.35. The molecule has 4 nitrogen and oxygen atoms in total. The van der Waals surface area contributed by atoms with Gasteiger partial charge in [0.05, 0.1) is 5.69 Å². The molecule has 0 aliphatic carbocycles. The molecule has 25 heavy (non-hydrogen) atoms. The molecule has 0 unspecified atom stereocenters. The fraction of sp³-hybridized carbons (Fsp3) is 0.500. The number of nitrogens with zero attached hydrogens (tertiary/aromatic N) is 4. The minimum Gasteiger partial charge on any atom is -0.341 e. The van der Waals surface area contributed by atoms with Gasteiger partial charge in [-0.05, 0) is 36.5 Å². The Balaban J connectivity index is 1.42. The number of benzene rings is 1. The second-order valence-corrected chi connectivity index (χ2v) is 7.40. The molecule has 3 heterocycles. The molecule has 2 aliphatic heterocycles. The van der Waals surface area contributed by atoms with E-state index >= 15 is 0 Å². The first-order chi connectivity index (χ1) is 12.2. The zero-order valence-corrected chi connectivity index (χ0v) is 14.8. The van der Waals surface area contributed by atoms with Crippen molar-refractivity contribution in [1.29, 1.82) is 0 Å². The zero-order chi connectivity index (χ0) is 17.2. The predicted octanol–water partition coefficient (Wildman–Crippen LogP) is 3.41. The molecule has 2 aliphatic rings. The normalized spacial score (nSPS) is 19.0. The summed E-state index contributed by atoms with van der Waals surface area (Å²) < 4.78 is 13.0.